The molecule has 0 bridgehead atoms. The minimum atomic E-state index is 0.464. The van der Waals surface area contributed by atoms with E-state index in [4.69, 9.17) is 4.74 Å². The summed E-state index contributed by atoms with van der Waals surface area (Å²) < 4.78 is 6.13. The van der Waals surface area contributed by atoms with Gasteiger partial charge in [-0.15, -0.1) is 0 Å². The highest BCUT2D eigenvalue weighted by atomic mass is 16.5. The van der Waals surface area contributed by atoms with E-state index < -0.39 is 0 Å². The zero-order valence-electron chi connectivity index (χ0n) is 13.9. The Morgan fingerprint density at radius 3 is 2.57 bits per heavy atom. The lowest BCUT2D eigenvalue weighted by atomic mass is 9.88. The van der Waals surface area contributed by atoms with E-state index in [2.05, 4.69) is 50.4 Å². The molecule has 1 aromatic rings. The van der Waals surface area contributed by atoms with Crippen LogP contribution in [0.4, 0.5) is 0 Å². The van der Waals surface area contributed by atoms with E-state index in [-0.39, 0.29) is 0 Å². The maximum atomic E-state index is 6.13. The Hall–Kier alpha value is -0.860. The van der Waals surface area contributed by atoms with Gasteiger partial charge in [-0.1, -0.05) is 57.9 Å². The Kier molecular flexibility index (Phi) is 6.72. The summed E-state index contributed by atoms with van der Waals surface area (Å²) in [7, 11) is 0. The Labute approximate surface area is 130 Å². The van der Waals surface area contributed by atoms with E-state index >= 15 is 0 Å². The third-order valence-corrected chi connectivity index (χ3v) is 4.75. The average Bonchev–Trinajstić information content (AvgIpc) is 2.52. The summed E-state index contributed by atoms with van der Waals surface area (Å²) >= 11 is 0. The standard InChI is InChI=1S/C19H31NO/c1-4-20-13-16(3)18-11-9-17(10-12-18)14-21-19-8-6-5-7-15(19)2/h9-12,15-16,19-20H,4-8,13-14H2,1-3H3. The molecule has 0 saturated heterocycles. The highest BCUT2D eigenvalue weighted by molar-refractivity contribution is 5.25. The lowest BCUT2D eigenvalue weighted by Gasteiger charge is -2.28. The molecule has 0 amide bonds. The van der Waals surface area contributed by atoms with Crippen LogP contribution in [0.15, 0.2) is 24.3 Å². The van der Waals surface area contributed by atoms with Gasteiger partial charge in [0.1, 0.15) is 0 Å². The molecule has 1 fully saturated rings. The van der Waals surface area contributed by atoms with Gasteiger partial charge in [-0.05, 0) is 42.3 Å². The van der Waals surface area contributed by atoms with Gasteiger partial charge in [0.2, 0.25) is 0 Å². The summed E-state index contributed by atoms with van der Waals surface area (Å²) in [5.74, 6) is 1.29. The second-order valence-electron chi connectivity index (χ2n) is 6.56. The summed E-state index contributed by atoms with van der Waals surface area (Å²) in [6.45, 7) is 9.60. The van der Waals surface area contributed by atoms with Crippen molar-refractivity contribution in [1.29, 1.82) is 0 Å². The first-order chi connectivity index (χ1) is 10.2. The maximum Gasteiger partial charge on any atom is 0.0720 e. The van der Waals surface area contributed by atoms with Crippen molar-refractivity contribution in [2.24, 2.45) is 5.92 Å². The summed E-state index contributed by atoms with van der Waals surface area (Å²) in [5, 5.41) is 3.41. The molecule has 1 saturated carbocycles. The monoisotopic (exact) mass is 289 g/mol. The van der Waals surface area contributed by atoms with Crippen LogP contribution in [0.1, 0.15) is 63.5 Å². The highest BCUT2D eigenvalue weighted by Gasteiger charge is 2.21. The van der Waals surface area contributed by atoms with E-state index in [0.717, 1.165) is 25.6 Å². The number of ether oxygens (including phenoxy) is 1. The lowest BCUT2D eigenvalue weighted by Crippen LogP contribution is -2.25. The van der Waals surface area contributed by atoms with Gasteiger partial charge in [-0.25, -0.2) is 0 Å². The van der Waals surface area contributed by atoms with Crippen LogP contribution in [-0.4, -0.2) is 19.2 Å². The SMILES string of the molecule is CCNCC(C)c1ccc(COC2CCCCC2C)cc1. The fourth-order valence-corrected chi connectivity index (χ4v) is 3.15. The molecule has 0 aromatic heterocycles. The number of nitrogens with one attached hydrogen (secondary N) is 1. The second kappa shape index (κ2) is 8.55. The number of hydrogen-bond acceptors (Lipinski definition) is 2. The molecule has 118 valence electrons. The van der Waals surface area contributed by atoms with Crippen molar-refractivity contribution in [3.8, 4) is 0 Å². The predicted molar refractivity (Wildman–Crippen MR) is 89.6 cm³/mol. The molecule has 2 rings (SSSR count). The van der Waals surface area contributed by atoms with Gasteiger partial charge in [-0.2, -0.15) is 0 Å². The fourth-order valence-electron chi connectivity index (χ4n) is 3.15. The molecule has 1 aromatic carbocycles. The largest absolute Gasteiger partial charge is 0.373 e. The van der Waals surface area contributed by atoms with Crippen molar-refractivity contribution in [3.05, 3.63) is 35.4 Å². The van der Waals surface area contributed by atoms with Crippen molar-refractivity contribution in [1.82, 2.24) is 5.32 Å². The van der Waals surface area contributed by atoms with E-state index in [1.165, 1.54) is 36.8 Å². The van der Waals surface area contributed by atoms with Crippen LogP contribution in [0.3, 0.4) is 0 Å². The van der Waals surface area contributed by atoms with Crippen molar-refractivity contribution in [3.63, 3.8) is 0 Å². The molecular formula is C19H31NO. The minimum Gasteiger partial charge on any atom is -0.373 e. The minimum absolute atomic E-state index is 0.464. The van der Waals surface area contributed by atoms with E-state index in [1.54, 1.807) is 0 Å². The molecule has 3 atom stereocenters. The molecule has 1 aliphatic rings. The van der Waals surface area contributed by atoms with Crippen LogP contribution in [-0.2, 0) is 11.3 Å². The average molecular weight is 289 g/mol. The number of likely N-dealkylation sites (N-methyl/N-ethyl adjacent to an activating group) is 1. The summed E-state index contributed by atoms with van der Waals surface area (Å²) in [5.41, 5.74) is 2.71. The van der Waals surface area contributed by atoms with Crippen LogP contribution < -0.4 is 5.32 Å². The molecule has 21 heavy (non-hydrogen) atoms. The number of hydrogen-bond donors (Lipinski definition) is 1. The van der Waals surface area contributed by atoms with Gasteiger partial charge >= 0.3 is 0 Å². The van der Waals surface area contributed by atoms with Gasteiger partial charge < -0.3 is 10.1 Å². The Bertz CT molecular complexity index is 401. The van der Waals surface area contributed by atoms with Crippen molar-refractivity contribution >= 4 is 0 Å². The topological polar surface area (TPSA) is 21.3 Å². The maximum absolute atomic E-state index is 6.13. The smallest absolute Gasteiger partial charge is 0.0720 e. The van der Waals surface area contributed by atoms with E-state index in [0.29, 0.717) is 12.0 Å². The van der Waals surface area contributed by atoms with Crippen LogP contribution in [0.2, 0.25) is 0 Å². The summed E-state index contributed by atoms with van der Waals surface area (Å²) in [4.78, 5) is 0. The molecule has 3 unspecified atom stereocenters. The first kappa shape index (κ1) is 16.5. The molecule has 1 N–H and O–H groups in total. The number of benzene rings is 1. The molecular weight excluding hydrogens is 258 g/mol. The molecule has 0 heterocycles. The van der Waals surface area contributed by atoms with Gasteiger partial charge in [0.15, 0.2) is 0 Å². The predicted octanol–water partition coefficient (Wildman–Crippen LogP) is 4.49. The van der Waals surface area contributed by atoms with Crippen LogP contribution >= 0.6 is 0 Å². The van der Waals surface area contributed by atoms with Gasteiger partial charge in [0.05, 0.1) is 12.7 Å². The quantitative estimate of drug-likeness (QED) is 0.798. The fraction of sp³-hybridized carbons (Fsp3) is 0.684. The third kappa shape index (κ3) is 5.12. The molecule has 0 radical (unpaired) electrons. The van der Waals surface area contributed by atoms with E-state index in [1.807, 2.05) is 0 Å². The van der Waals surface area contributed by atoms with Gasteiger partial charge in [-0.3, -0.25) is 0 Å². The molecule has 1 aliphatic carbocycles. The summed E-state index contributed by atoms with van der Waals surface area (Å²) in [6.07, 6.45) is 5.73. The number of rotatable bonds is 7. The first-order valence-corrected chi connectivity index (χ1v) is 8.61. The van der Waals surface area contributed by atoms with Crippen LogP contribution in [0.25, 0.3) is 0 Å². The molecule has 0 aliphatic heterocycles. The van der Waals surface area contributed by atoms with Crippen LogP contribution in [0.5, 0.6) is 0 Å². The zero-order valence-corrected chi connectivity index (χ0v) is 13.9. The Morgan fingerprint density at radius 1 is 1.19 bits per heavy atom. The Balaban J connectivity index is 1.81. The Morgan fingerprint density at radius 2 is 1.90 bits per heavy atom. The second-order valence-corrected chi connectivity index (χ2v) is 6.56. The van der Waals surface area contributed by atoms with Crippen molar-refractivity contribution < 1.29 is 4.74 Å². The van der Waals surface area contributed by atoms with Gasteiger partial charge in [0, 0.05) is 6.54 Å². The third-order valence-electron chi connectivity index (χ3n) is 4.75. The van der Waals surface area contributed by atoms with E-state index in [9.17, 15) is 0 Å². The van der Waals surface area contributed by atoms with Crippen LogP contribution in [0, 0.1) is 5.92 Å². The highest BCUT2D eigenvalue weighted by Crippen LogP contribution is 2.27. The van der Waals surface area contributed by atoms with Crippen molar-refractivity contribution in [2.45, 2.75) is 65.1 Å². The molecule has 2 heteroatoms. The summed E-state index contributed by atoms with van der Waals surface area (Å²) in [6, 6.07) is 8.96. The molecule has 2 nitrogen and oxygen atoms in total. The van der Waals surface area contributed by atoms with Crippen molar-refractivity contribution in [2.75, 3.05) is 13.1 Å². The normalized spacial score (nSPS) is 24.0. The van der Waals surface area contributed by atoms with Gasteiger partial charge in [0.25, 0.3) is 0 Å². The zero-order chi connectivity index (χ0) is 15.1. The molecule has 0 spiro atoms. The lowest BCUT2D eigenvalue weighted by molar-refractivity contribution is -0.0154. The first-order valence-electron chi connectivity index (χ1n) is 8.61.